The SMILES string of the molecule is CNc1nc(C23CC4CC(C)(CC(C)(C4)C2)C3)no1. The third-order valence-electron chi connectivity index (χ3n) is 5.74. The number of hydrogen-bond acceptors (Lipinski definition) is 4. The average molecular weight is 261 g/mol. The van der Waals surface area contributed by atoms with Gasteiger partial charge in [0.05, 0.1) is 0 Å². The van der Waals surface area contributed by atoms with Gasteiger partial charge < -0.3 is 9.84 Å². The second-order valence-corrected chi connectivity index (χ2v) is 8.08. The molecule has 4 heteroatoms. The summed E-state index contributed by atoms with van der Waals surface area (Å²) >= 11 is 0. The molecular formula is C15H23N3O. The van der Waals surface area contributed by atoms with Gasteiger partial charge >= 0.3 is 6.01 Å². The Balaban J connectivity index is 1.78. The van der Waals surface area contributed by atoms with E-state index < -0.39 is 0 Å². The highest BCUT2D eigenvalue weighted by Crippen LogP contribution is 2.69. The second-order valence-electron chi connectivity index (χ2n) is 8.08. The summed E-state index contributed by atoms with van der Waals surface area (Å²) in [6.07, 6.45) is 7.95. The number of nitrogens with one attached hydrogen (secondary N) is 1. The van der Waals surface area contributed by atoms with E-state index in [1.807, 2.05) is 7.05 Å². The molecule has 0 saturated heterocycles. The summed E-state index contributed by atoms with van der Waals surface area (Å²) in [7, 11) is 1.83. The van der Waals surface area contributed by atoms with Gasteiger partial charge in [-0.1, -0.05) is 19.0 Å². The number of anilines is 1. The normalized spacial score (nSPS) is 47.6. The smallest absolute Gasteiger partial charge is 0.321 e. The Hall–Kier alpha value is -1.06. The third kappa shape index (κ3) is 1.58. The van der Waals surface area contributed by atoms with E-state index in [2.05, 4.69) is 29.3 Å². The lowest BCUT2D eigenvalue weighted by atomic mass is 9.40. The van der Waals surface area contributed by atoms with Crippen LogP contribution in [0.1, 0.15) is 58.2 Å². The van der Waals surface area contributed by atoms with Crippen LogP contribution in [-0.2, 0) is 5.41 Å². The van der Waals surface area contributed by atoms with Crippen LogP contribution in [0.15, 0.2) is 4.52 Å². The summed E-state index contributed by atoms with van der Waals surface area (Å²) in [6, 6.07) is 0.557. The fourth-order valence-electron chi connectivity index (χ4n) is 6.24. The third-order valence-corrected chi connectivity index (χ3v) is 5.74. The number of rotatable bonds is 2. The van der Waals surface area contributed by atoms with Crippen molar-refractivity contribution in [3.05, 3.63) is 5.82 Å². The van der Waals surface area contributed by atoms with Crippen molar-refractivity contribution < 1.29 is 4.52 Å². The number of aromatic nitrogens is 2. The number of hydrogen-bond donors (Lipinski definition) is 1. The van der Waals surface area contributed by atoms with Crippen molar-refractivity contribution in [3.8, 4) is 0 Å². The van der Waals surface area contributed by atoms with Crippen molar-refractivity contribution in [2.75, 3.05) is 12.4 Å². The lowest BCUT2D eigenvalue weighted by Crippen LogP contribution is -2.57. The van der Waals surface area contributed by atoms with Gasteiger partial charge in [0.2, 0.25) is 0 Å². The number of nitrogens with zero attached hydrogens (tertiary/aromatic N) is 2. The van der Waals surface area contributed by atoms with Crippen LogP contribution in [0.2, 0.25) is 0 Å². The van der Waals surface area contributed by atoms with Crippen LogP contribution >= 0.6 is 0 Å². The van der Waals surface area contributed by atoms with Crippen LogP contribution in [0, 0.1) is 16.7 Å². The molecule has 4 bridgehead atoms. The van der Waals surface area contributed by atoms with Crippen molar-refractivity contribution in [2.24, 2.45) is 16.7 Å². The minimum absolute atomic E-state index is 0.182. The molecule has 1 heterocycles. The van der Waals surface area contributed by atoms with Crippen LogP contribution in [0.25, 0.3) is 0 Å². The highest BCUT2D eigenvalue weighted by atomic mass is 16.5. The van der Waals surface area contributed by atoms with Crippen LogP contribution in [0.3, 0.4) is 0 Å². The zero-order chi connectivity index (χ0) is 13.3. The Labute approximate surface area is 114 Å². The van der Waals surface area contributed by atoms with Crippen LogP contribution in [-0.4, -0.2) is 17.2 Å². The van der Waals surface area contributed by atoms with Gasteiger partial charge in [-0.05, 0) is 55.3 Å². The van der Waals surface area contributed by atoms with Gasteiger partial charge in [0.1, 0.15) is 0 Å². The van der Waals surface area contributed by atoms with Gasteiger partial charge in [-0.2, -0.15) is 4.98 Å². The first-order chi connectivity index (χ1) is 8.94. The topological polar surface area (TPSA) is 51.0 Å². The van der Waals surface area contributed by atoms with Crippen molar-refractivity contribution in [1.29, 1.82) is 0 Å². The maximum atomic E-state index is 5.30. The molecule has 2 atom stereocenters. The molecule has 0 aliphatic heterocycles. The predicted octanol–water partition coefficient (Wildman–Crippen LogP) is 3.36. The van der Waals surface area contributed by atoms with Crippen LogP contribution in [0.4, 0.5) is 6.01 Å². The van der Waals surface area contributed by atoms with E-state index in [0.29, 0.717) is 16.8 Å². The Morgan fingerprint density at radius 1 is 1.11 bits per heavy atom. The Morgan fingerprint density at radius 3 is 2.32 bits per heavy atom. The molecule has 2 unspecified atom stereocenters. The molecule has 0 amide bonds. The fraction of sp³-hybridized carbons (Fsp3) is 0.867. The van der Waals surface area contributed by atoms with Gasteiger partial charge in [-0.25, -0.2) is 0 Å². The highest BCUT2D eigenvalue weighted by Gasteiger charge is 2.62. The Morgan fingerprint density at radius 2 is 1.79 bits per heavy atom. The minimum atomic E-state index is 0.182. The van der Waals surface area contributed by atoms with E-state index in [4.69, 9.17) is 4.52 Å². The van der Waals surface area contributed by atoms with E-state index >= 15 is 0 Å². The maximum Gasteiger partial charge on any atom is 0.321 e. The van der Waals surface area contributed by atoms with Crippen molar-refractivity contribution >= 4 is 6.01 Å². The van der Waals surface area contributed by atoms with Crippen molar-refractivity contribution in [3.63, 3.8) is 0 Å². The minimum Gasteiger partial charge on any atom is -0.341 e. The zero-order valence-corrected chi connectivity index (χ0v) is 12.1. The van der Waals surface area contributed by atoms with Crippen LogP contribution in [0.5, 0.6) is 0 Å². The average Bonchev–Trinajstić information content (AvgIpc) is 2.72. The monoisotopic (exact) mass is 261 g/mol. The molecule has 0 radical (unpaired) electrons. The van der Waals surface area contributed by atoms with Crippen molar-refractivity contribution in [1.82, 2.24) is 10.1 Å². The van der Waals surface area contributed by atoms with E-state index in [0.717, 1.165) is 11.7 Å². The molecule has 19 heavy (non-hydrogen) atoms. The van der Waals surface area contributed by atoms with E-state index in [-0.39, 0.29) is 5.41 Å². The van der Waals surface area contributed by atoms with E-state index in [1.54, 1.807) is 0 Å². The predicted molar refractivity (Wildman–Crippen MR) is 72.9 cm³/mol. The molecular weight excluding hydrogens is 238 g/mol. The summed E-state index contributed by atoms with van der Waals surface area (Å²) in [5.41, 5.74) is 1.17. The summed E-state index contributed by atoms with van der Waals surface area (Å²) in [4.78, 5) is 4.59. The molecule has 5 rings (SSSR count). The first kappa shape index (κ1) is 11.7. The Kier molecular flexibility index (Phi) is 2.06. The zero-order valence-electron chi connectivity index (χ0n) is 12.1. The summed E-state index contributed by atoms with van der Waals surface area (Å²) in [5.74, 6) is 1.82. The Bertz CT molecular complexity index is 505. The molecule has 0 aromatic carbocycles. The summed E-state index contributed by atoms with van der Waals surface area (Å²) < 4.78 is 5.30. The second kappa shape index (κ2) is 3.33. The molecule has 4 aliphatic rings. The highest BCUT2D eigenvalue weighted by molar-refractivity contribution is 5.25. The van der Waals surface area contributed by atoms with Gasteiger partial charge in [-0.3, -0.25) is 0 Å². The van der Waals surface area contributed by atoms with E-state index in [1.165, 1.54) is 38.5 Å². The lowest BCUT2D eigenvalue weighted by molar-refractivity contribution is -0.113. The molecule has 104 valence electrons. The standard InChI is InChI=1S/C15H23N3O/c1-13-4-10-5-14(2,7-13)9-15(6-10,8-13)11-17-12(16-3)19-18-11/h10H,4-9H2,1-3H3,(H,16,17,18). The molecule has 4 saturated carbocycles. The van der Waals surface area contributed by atoms with Gasteiger partial charge in [-0.15, -0.1) is 0 Å². The maximum absolute atomic E-state index is 5.30. The molecule has 1 aromatic rings. The molecule has 4 fully saturated rings. The van der Waals surface area contributed by atoms with E-state index in [9.17, 15) is 0 Å². The summed E-state index contributed by atoms with van der Waals surface area (Å²) in [6.45, 7) is 4.95. The van der Waals surface area contributed by atoms with Crippen LogP contribution < -0.4 is 5.32 Å². The van der Waals surface area contributed by atoms with Gasteiger partial charge in [0.15, 0.2) is 5.82 Å². The van der Waals surface area contributed by atoms with Crippen molar-refractivity contribution in [2.45, 2.75) is 57.8 Å². The first-order valence-corrected chi connectivity index (χ1v) is 7.46. The molecule has 4 nitrogen and oxygen atoms in total. The first-order valence-electron chi connectivity index (χ1n) is 7.46. The quantitative estimate of drug-likeness (QED) is 0.887. The molecule has 1 N–H and O–H groups in total. The molecule has 0 spiro atoms. The van der Waals surface area contributed by atoms with Gasteiger partial charge in [0.25, 0.3) is 0 Å². The fourth-order valence-corrected chi connectivity index (χ4v) is 6.24. The molecule has 1 aromatic heterocycles. The lowest BCUT2D eigenvalue weighted by Gasteiger charge is -2.64. The molecule has 4 aliphatic carbocycles. The summed E-state index contributed by atoms with van der Waals surface area (Å²) in [5, 5.41) is 7.25. The van der Waals surface area contributed by atoms with Gasteiger partial charge in [0, 0.05) is 12.5 Å². The largest absolute Gasteiger partial charge is 0.341 e.